The van der Waals surface area contributed by atoms with Gasteiger partial charge in [0.05, 0.1) is 18.8 Å². The Bertz CT molecular complexity index is 455. The van der Waals surface area contributed by atoms with Gasteiger partial charge in [0.1, 0.15) is 5.82 Å². The van der Waals surface area contributed by atoms with Crippen LogP contribution in [-0.2, 0) is 11.3 Å². The molecule has 1 aliphatic rings. The fourth-order valence-corrected chi connectivity index (χ4v) is 3.08. The SMILES string of the molecule is CCCNCc1cc(Br)cnc1N1CC(C)OCC1CC. The van der Waals surface area contributed by atoms with Crippen LogP contribution in [0.25, 0.3) is 0 Å². The van der Waals surface area contributed by atoms with Gasteiger partial charge < -0.3 is 15.0 Å². The zero-order valence-electron chi connectivity index (χ0n) is 13.2. The van der Waals surface area contributed by atoms with Crippen molar-refractivity contribution in [2.45, 2.75) is 52.3 Å². The number of rotatable bonds is 6. The van der Waals surface area contributed by atoms with Crippen LogP contribution in [0.15, 0.2) is 16.7 Å². The van der Waals surface area contributed by atoms with Gasteiger partial charge in [-0.05, 0) is 48.3 Å². The van der Waals surface area contributed by atoms with Gasteiger partial charge in [-0.25, -0.2) is 4.98 Å². The third kappa shape index (κ3) is 4.41. The zero-order valence-corrected chi connectivity index (χ0v) is 14.8. The first-order valence-electron chi connectivity index (χ1n) is 7.89. The van der Waals surface area contributed by atoms with E-state index >= 15 is 0 Å². The molecule has 1 aromatic heterocycles. The van der Waals surface area contributed by atoms with Gasteiger partial charge in [0, 0.05) is 29.3 Å². The third-order valence-electron chi connectivity index (χ3n) is 3.86. The number of anilines is 1. The Kier molecular flexibility index (Phi) is 6.45. The van der Waals surface area contributed by atoms with Crippen molar-refractivity contribution < 1.29 is 4.74 Å². The minimum atomic E-state index is 0.259. The van der Waals surface area contributed by atoms with Crippen LogP contribution < -0.4 is 10.2 Å². The van der Waals surface area contributed by atoms with E-state index in [0.29, 0.717) is 6.04 Å². The van der Waals surface area contributed by atoms with Crippen LogP contribution in [0, 0.1) is 0 Å². The van der Waals surface area contributed by atoms with E-state index in [0.717, 1.165) is 49.4 Å². The van der Waals surface area contributed by atoms with E-state index in [1.165, 1.54) is 5.56 Å². The molecule has 1 saturated heterocycles. The van der Waals surface area contributed by atoms with E-state index in [-0.39, 0.29) is 6.10 Å². The summed E-state index contributed by atoms with van der Waals surface area (Å²) in [5.41, 5.74) is 1.25. The minimum absolute atomic E-state index is 0.259. The maximum atomic E-state index is 5.80. The molecule has 0 aliphatic carbocycles. The average Bonchev–Trinajstić information content (AvgIpc) is 2.48. The highest BCUT2D eigenvalue weighted by atomic mass is 79.9. The van der Waals surface area contributed by atoms with Crippen molar-refractivity contribution in [1.29, 1.82) is 0 Å². The molecule has 0 saturated carbocycles. The molecular formula is C16H26BrN3O. The number of nitrogens with zero attached hydrogens (tertiary/aromatic N) is 2. The number of hydrogen-bond donors (Lipinski definition) is 1. The Labute approximate surface area is 136 Å². The largest absolute Gasteiger partial charge is 0.375 e. The number of morpholine rings is 1. The zero-order chi connectivity index (χ0) is 15.2. The van der Waals surface area contributed by atoms with Crippen molar-refractivity contribution in [3.63, 3.8) is 0 Å². The van der Waals surface area contributed by atoms with Crippen LogP contribution in [0.4, 0.5) is 5.82 Å². The molecule has 5 heteroatoms. The number of hydrogen-bond acceptors (Lipinski definition) is 4. The average molecular weight is 356 g/mol. The lowest BCUT2D eigenvalue weighted by atomic mass is 10.1. The number of ether oxygens (including phenoxy) is 1. The maximum absolute atomic E-state index is 5.80. The molecule has 2 unspecified atom stereocenters. The van der Waals surface area contributed by atoms with Gasteiger partial charge in [-0.2, -0.15) is 0 Å². The lowest BCUT2D eigenvalue weighted by Gasteiger charge is -2.40. The summed E-state index contributed by atoms with van der Waals surface area (Å²) in [5.74, 6) is 1.10. The summed E-state index contributed by atoms with van der Waals surface area (Å²) in [4.78, 5) is 7.12. The quantitative estimate of drug-likeness (QED) is 0.794. The summed E-state index contributed by atoms with van der Waals surface area (Å²) < 4.78 is 6.84. The van der Waals surface area contributed by atoms with E-state index < -0.39 is 0 Å². The molecule has 2 heterocycles. The van der Waals surface area contributed by atoms with E-state index in [1.807, 2.05) is 6.20 Å². The van der Waals surface area contributed by atoms with Crippen molar-refractivity contribution in [2.24, 2.45) is 0 Å². The summed E-state index contributed by atoms with van der Waals surface area (Å²) in [6.07, 6.45) is 4.37. The molecule has 118 valence electrons. The second kappa shape index (κ2) is 8.11. The van der Waals surface area contributed by atoms with Crippen LogP contribution in [0.5, 0.6) is 0 Å². The topological polar surface area (TPSA) is 37.4 Å². The van der Waals surface area contributed by atoms with E-state index in [2.05, 4.69) is 53.0 Å². The van der Waals surface area contributed by atoms with Crippen LogP contribution in [0.1, 0.15) is 39.2 Å². The van der Waals surface area contributed by atoms with Gasteiger partial charge in [-0.1, -0.05) is 13.8 Å². The molecular weight excluding hydrogens is 330 g/mol. The first-order valence-corrected chi connectivity index (χ1v) is 8.68. The number of pyridine rings is 1. The highest BCUT2D eigenvalue weighted by molar-refractivity contribution is 9.10. The monoisotopic (exact) mass is 355 g/mol. The van der Waals surface area contributed by atoms with E-state index in [1.54, 1.807) is 0 Å². The first kappa shape index (κ1) is 16.7. The Morgan fingerprint density at radius 1 is 1.48 bits per heavy atom. The minimum Gasteiger partial charge on any atom is -0.375 e. The Balaban J connectivity index is 2.23. The highest BCUT2D eigenvalue weighted by Gasteiger charge is 2.28. The number of halogens is 1. The summed E-state index contributed by atoms with van der Waals surface area (Å²) in [6, 6.07) is 2.59. The van der Waals surface area contributed by atoms with Gasteiger partial charge in [-0.3, -0.25) is 0 Å². The molecule has 2 atom stereocenters. The van der Waals surface area contributed by atoms with Crippen LogP contribution in [-0.4, -0.2) is 36.8 Å². The number of aromatic nitrogens is 1. The van der Waals surface area contributed by atoms with E-state index in [9.17, 15) is 0 Å². The summed E-state index contributed by atoms with van der Waals surface area (Å²) in [6.45, 7) is 10.1. The highest BCUT2D eigenvalue weighted by Crippen LogP contribution is 2.27. The van der Waals surface area contributed by atoms with Crippen molar-refractivity contribution in [3.8, 4) is 0 Å². The smallest absolute Gasteiger partial charge is 0.133 e. The summed E-state index contributed by atoms with van der Waals surface area (Å²) >= 11 is 3.54. The van der Waals surface area contributed by atoms with Crippen molar-refractivity contribution in [3.05, 3.63) is 22.3 Å². The summed E-state index contributed by atoms with van der Waals surface area (Å²) in [5, 5.41) is 3.48. The molecule has 0 bridgehead atoms. The Hall–Kier alpha value is -0.650. The lowest BCUT2D eigenvalue weighted by Crippen LogP contribution is -2.49. The second-order valence-electron chi connectivity index (χ2n) is 5.67. The molecule has 4 nitrogen and oxygen atoms in total. The van der Waals surface area contributed by atoms with Gasteiger partial charge in [0.25, 0.3) is 0 Å². The van der Waals surface area contributed by atoms with Gasteiger partial charge in [0.2, 0.25) is 0 Å². The number of nitrogens with one attached hydrogen (secondary N) is 1. The standard InChI is InChI=1S/C16H26BrN3O/c1-4-6-18-8-13-7-14(17)9-19-16(13)20-10-12(3)21-11-15(20)5-2/h7,9,12,15,18H,4-6,8,10-11H2,1-3H3. The van der Waals surface area contributed by atoms with Gasteiger partial charge in [-0.15, -0.1) is 0 Å². The molecule has 0 amide bonds. The van der Waals surface area contributed by atoms with Crippen LogP contribution in [0.2, 0.25) is 0 Å². The molecule has 0 radical (unpaired) electrons. The van der Waals surface area contributed by atoms with Crippen LogP contribution >= 0.6 is 15.9 Å². The molecule has 0 spiro atoms. The first-order chi connectivity index (χ1) is 10.2. The van der Waals surface area contributed by atoms with Gasteiger partial charge >= 0.3 is 0 Å². The molecule has 1 N–H and O–H groups in total. The van der Waals surface area contributed by atoms with Gasteiger partial charge in [0.15, 0.2) is 0 Å². The van der Waals surface area contributed by atoms with Crippen LogP contribution in [0.3, 0.4) is 0 Å². The molecule has 0 aromatic carbocycles. The lowest BCUT2D eigenvalue weighted by molar-refractivity contribution is 0.0295. The Morgan fingerprint density at radius 3 is 3.00 bits per heavy atom. The maximum Gasteiger partial charge on any atom is 0.133 e. The fraction of sp³-hybridized carbons (Fsp3) is 0.688. The molecule has 21 heavy (non-hydrogen) atoms. The van der Waals surface area contributed by atoms with Crippen molar-refractivity contribution >= 4 is 21.7 Å². The fourth-order valence-electron chi connectivity index (χ4n) is 2.70. The second-order valence-corrected chi connectivity index (χ2v) is 6.59. The molecule has 1 fully saturated rings. The summed E-state index contributed by atoms with van der Waals surface area (Å²) in [7, 11) is 0. The van der Waals surface area contributed by atoms with Crippen molar-refractivity contribution in [2.75, 3.05) is 24.6 Å². The van der Waals surface area contributed by atoms with Crippen molar-refractivity contribution in [1.82, 2.24) is 10.3 Å². The normalized spacial score (nSPS) is 22.6. The predicted octanol–water partition coefficient (Wildman–Crippen LogP) is 3.35. The molecule has 1 aliphatic heterocycles. The predicted molar refractivity (Wildman–Crippen MR) is 90.8 cm³/mol. The van der Waals surface area contributed by atoms with E-state index in [4.69, 9.17) is 9.72 Å². The molecule has 2 rings (SSSR count). The molecule has 1 aromatic rings. The Morgan fingerprint density at radius 2 is 2.29 bits per heavy atom. The third-order valence-corrected chi connectivity index (χ3v) is 4.30.